The lowest BCUT2D eigenvalue weighted by molar-refractivity contribution is 1.17. The molecule has 0 atom stereocenters. The van der Waals surface area contributed by atoms with Crippen LogP contribution in [-0.4, -0.2) is 9.38 Å². The van der Waals surface area contributed by atoms with E-state index in [0.29, 0.717) is 11.4 Å². The van der Waals surface area contributed by atoms with Crippen molar-refractivity contribution in [2.75, 3.05) is 11.5 Å². The predicted molar refractivity (Wildman–Crippen MR) is 69.5 cm³/mol. The van der Waals surface area contributed by atoms with Gasteiger partial charge in [-0.2, -0.15) is 0 Å². The molecule has 4 nitrogen and oxygen atoms in total. The van der Waals surface area contributed by atoms with Gasteiger partial charge in [-0.3, -0.25) is 4.40 Å². The summed E-state index contributed by atoms with van der Waals surface area (Å²) in [6.07, 6.45) is 3.66. The zero-order valence-electron chi connectivity index (χ0n) is 9.17. The van der Waals surface area contributed by atoms with Crippen LogP contribution >= 0.6 is 0 Å². The number of fused-ring (bicyclic) bond motifs is 1. The van der Waals surface area contributed by atoms with E-state index in [1.54, 1.807) is 6.20 Å². The first-order chi connectivity index (χ1) is 8.25. The van der Waals surface area contributed by atoms with Gasteiger partial charge in [0.2, 0.25) is 0 Å². The molecular formula is C13H12N4. The van der Waals surface area contributed by atoms with Crippen LogP contribution in [0, 0.1) is 0 Å². The molecule has 0 radical (unpaired) electrons. The number of nitrogens with two attached hydrogens (primary N) is 2. The molecule has 3 aromatic rings. The number of imidazole rings is 1. The van der Waals surface area contributed by atoms with Gasteiger partial charge in [-0.05, 0) is 24.3 Å². The predicted octanol–water partition coefficient (Wildman–Crippen LogP) is 2.17. The van der Waals surface area contributed by atoms with Gasteiger partial charge in [0.05, 0.1) is 11.7 Å². The first kappa shape index (κ1) is 9.72. The normalized spacial score (nSPS) is 10.8. The molecule has 1 aromatic carbocycles. The lowest BCUT2D eigenvalue weighted by atomic mass is 10.2. The van der Waals surface area contributed by atoms with Crippen molar-refractivity contribution in [3.63, 3.8) is 0 Å². The summed E-state index contributed by atoms with van der Waals surface area (Å²) in [5.74, 6) is 0.811. The minimum absolute atomic E-state index is 0.700. The molecule has 2 aromatic heterocycles. The van der Waals surface area contributed by atoms with Gasteiger partial charge in [-0.1, -0.05) is 12.1 Å². The standard InChI is InChI=1S/C13H12N4/c14-9-5-6-10-7-16-13(17(10)8-9)11-3-1-2-4-12(11)15/h1-8H,14-15H2. The maximum absolute atomic E-state index is 5.96. The summed E-state index contributed by atoms with van der Waals surface area (Å²) in [6.45, 7) is 0. The summed E-state index contributed by atoms with van der Waals surface area (Å²) >= 11 is 0. The number of para-hydroxylation sites is 1. The maximum atomic E-state index is 5.96. The van der Waals surface area contributed by atoms with Crippen molar-refractivity contribution in [2.45, 2.75) is 0 Å². The fraction of sp³-hybridized carbons (Fsp3) is 0. The number of hydrogen-bond donors (Lipinski definition) is 2. The summed E-state index contributed by atoms with van der Waals surface area (Å²) in [4.78, 5) is 4.39. The van der Waals surface area contributed by atoms with E-state index in [9.17, 15) is 0 Å². The van der Waals surface area contributed by atoms with Crippen LogP contribution in [0.4, 0.5) is 11.4 Å². The quantitative estimate of drug-likeness (QED) is 0.622. The highest BCUT2D eigenvalue weighted by molar-refractivity contribution is 5.74. The Morgan fingerprint density at radius 2 is 1.82 bits per heavy atom. The molecule has 0 bridgehead atoms. The van der Waals surface area contributed by atoms with Crippen LogP contribution in [0.5, 0.6) is 0 Å². The SMILES string of the molecule is Nc1ccc2cnc(-c3ccccc3N)n2c1. The Balaban J connectivity index is 2.31. The summed E-state index contributed by atoms with van der Waals surface area (Å²) in [5.41, 5.74) is 15.1. The van der Waals surface area contributed by atoms with E-state index in [4.69, 9.17) is 11.5 Å². The van der Waals surface area contributed by atoms with E-state index in [0.717, 1.165) is 16.9 Å². The van der Waals surface area contributed by atoms with E-state index < -0.39 is 0 Å². The topological polar surface area (TPSA) is 69.3 Å². The van der Waals surface area contributed by atoms with Gasteiger partial charge in [0, 0.05) is 23.1 Å². The first-order valence-corrected chi connectivity index (χ1v) is 5.33. The number of benzene rings is 1. The van der Waals surface area contributed by atoms with Gasteiger partial charge in [-0.25, -0.2) is 4.98 Å². The fourth-order valence-electron chi connectivity index (χ4n) is 1.91. The van der Waals surface area contributed by atoms with Crippen LogP contribution in [0.1, 0.15) is 0 Å². The zero-order chi connectivity index (χ0) is 11.8. The van der Waals surface area contributed by atoms with E-state index in [2.05, 4.69) is 4.98 Å². The molecule has 17 heavy (non-hydrogen) atoms. The molecule has 0 fully saturated rings. The van der Waals surface area contributed by atoms with Crippen molar-refractivity contribution in [2.24, 2.45) is 0 Å². The van der Waals surface area contributed by atoms with Crippen LogP contribution in [-0.2, 0) is 0 Å². The first-order valence-electron chi connectivity index (χ1n) is 5.33. The van der Waals surface area contributed by atoms with E-state index in [1.165, 1.54) is 0 Å². The zero-order valence-corrected chi connectivity index (χ0v) is 9.17. The summed E-state index contributed by atoms with van der Waals surface area (Å²) in [7, 11) is 0. The molecule has 0 saturated heterocycles. The molecule has 3 rings (SSSR count). The second-order valence-electron chi connectivity index (χ2n) is 3.93. The minimum atomic E-state index is 0.700. The Morgan fingerprint density at radius 3 is 2.65 bits per heavy atom. The second kappa shape index (κ2) is 3.52. The van der Waals surface area contributed by atoms with Crippen molar-refractivity contribution in [3.05, 3.63) is 48.8 Å². The van der Waals surface area contributed by atoms with E-state index in [-0.39, 0.29) is 0 Å². The number of anilines is 2. The highest BCUT2D eigenvalue weighted by Crippen LogP contribution is 2.25. The van der Waals surface area contributed by atoms with Crippen LogP contribution in [0.15, 0.2) is 48.8 Å². The van der Waals surface area contributed by atoms with Gasteiger partial charge in [-0.15, -0.1) is 0 Å². The third kappa shape index (κ3) is 1.50. The Kier molecular flexibility index (Phi) is 2.01. The second-order valence-corrected chi connectivity index (χ2v) is 3.93. The number of nitrogens with zero attached hydrogens (tertiary/aromatic N) is 2. The number of nitrogen functional groups attached to an aromatic ring is 2. The number of rotatable bonds is 1. The molecule has 84 valence electrons. The smallest absolute Gasteiger partial charge is 0.146 e. The van der Waals surface area contributed by atoms with Crippen molar-refractivity contribution >= 4 is 16.9 Å². The molecule has 0 amide bonds. The van der Waals surface area contributed by atoms with Gasteiger partial charge < -0.3 is 11.5 Å². The Bertz CT molecular complexity index is 685. The maximum Gasteiger partial charge on any atom is 0.146 e. The fourth-order valence-corrected chi connectivity index (χ4v) is 1.91. The van der Waals surface area contributed by atoms with Crippen LogP contribution in [0.3, 0.4) is 0 Å². The minimum Gasteiger partial charge on any atom is -0.398 e. The highest BCUT2D eigenvalue weighted by Gasteiger charge is 2.08. The Morgan fingerprint density at radius 1 is 1.00 bits per heavy atom. The molecule has 0 aliphatic rings. The summed E-state index contributed by atoms with van der Waals surface area (Å²) in [5, 5.41) is 0. The van der Waals surface area contributed by atoms with Crippen molar-refractivity contribution in [3.8, 4) is 11.4 Å². The van der Waals surface area contributed by atoms with Gasteiger partial charge in [0.1, 0.15) is 5.82 Å². The Hall–Kier alpha value is -2.49. The molecule has 2 heterocycles. The lowest BCUT2D eigenvalue weighted by Gasteiger charge is -2.05. The average molecular weight is 224 g/mol. The van der Waals surface area contributed by atoms with Crippen molar-refractivity contribution in [1.82, 2.24) is 9.38 Å². The molecule has 0 aliphatic heterocycles. The largest absolute Gasteiger partial charge is 0.398 e. The van der Waals surface area contributed by atoms with Crippen molar-refractivity contribution in [1.29, 1.82) is 0 Å². The summed E-state index contributed by atoms with van der Waals surface area (Å²) in [6, 6.07) is 11.5. The third-order valence-electron chi connectivity index (χ3n) is 2.75. The number of hydrogen-bond acceptors (Lipinski definition) is 3. The molecule has 0 aliphatic carbocycles. The monoisotopic (exact) mass is 224 g/mol. The van der Waals surface area contributed by atoms with Gasteiger partial charge >= 0.3 is 0 Å². The number of pyridine rings is 1. The molecule has 0 saturated carbocycles. The highest BCUT2D eigenvalue weighted by atomic mass is 15.0. The van der Waals surface area contributed by atoms with Crippen LogP contribution in [0.25, 0.3) is 16.9 Å². The molecular weight excluding hydrogens is 212 g/mol. The lowest BCUT2D eigenvalue weighted by Crippen LogP contribution is -1.95. The average Bonchev–Trinajstić information content (AvgIpc) is 2.72. The van der Waals surface area contributed by atoms with Crippen LogP contribution < -0.4 is 11.5 Å². The van der Waals surface area contributed by atoms with Crippen LogP contribution in [0.2, 0.25) is 0 Å². The summed E-state index contributed by atoms with van der Waals surface area (Å²) < 4.78 is 1.95. The Labute approximate surface area is 98.5 Å². The molecule has 0 spiro atoms. The van der Waals surface area contributed by atoms with E-state index in [1.807, 2.05) is 47.0 Å². The molecule has 4 N–H and O–H groups in total. The van der Waals surface area contributed by atoms with Gasteiger partial charge in [0.15, 0.2) is 0 Å². The third-order valence-corrected chi connectivity index (χ3v) is 2.75. The van der Waals surface area contributed by atoms with Crippen molar-refractivity contribution < 1.29 is 0 Å². The van der Waals surface area contributed by atoms with Gasteiger partial charge in [0.25, 0.3) is 0 Å². The van der Waals surface area contributed by atoms with E-state index >= 15 is 0 Å². The number of aromatic nitrogens is 2. The molecule has 0 unspecified atom stereocenters. The molecule has 4 heteroatoms.